The second-order valence-electron chi connectivity index (χ2n) is 4.12. The molecule has 0 aliphatic heterocycles. The number of hydrogen-bond donors (Lipinski definition) is 2. The Morgan fingerprint density at radius 2 is 1.95 bits per heavy atom. The molecule has 0 saturated heterocycles. The lowest BCUT2D eigenvalue weighted by atomic mass is 10.1. The van der Waals surface area contributed by atoms with E-state index in [0.29, 0.717) is 6.54 Å². The quantitative estimate of drug-likeness (QED) is 0.831. The van der Waals surface area contributed by atoms with Crippen molar-refractivity contribution < 1.29 is 14.7 Å². The minimum absolute atomic E-state index is 0.226. The van der Waals surface area contributed by atoms with E-state index in [9.17, 15) is 14.4 Å². The van der Waals surface area contributed by atoms with Gasteiger partial charge in [0.1, 0.15) is 6.54 Å². The van der Waals surface area contributed by atoms with Gasteiger partial charge in [-0.2, -0.15) is 5.10 Å². The molecular formula is C13H13N3O4. The third kappa shape index (κ3) is 2.51. The zero-order valence-corrected chi connectivity index (χ0v) is 10.8. The van der Waals surface area contributed by atoms with Gasteiger partial charge in [-0.15, -0.1) is 0 Å². The minimum atomic E-state index is -1.24. The van der Waals surface area contributed by atoms with Gasteiger partial charge in [0.2, 0.25) is 5.91 Å². The van der Waals surface area contributed by atoms with E-state index in [4.69, 9.17) is 5.11 Å². The fourth-order valence-corrected chi connectivity index (χ4v) is 1.89. The number of rotatable bonds is 4. The number of nitrogens with zero attached hydrogens (tertiary/aromatic N) is 2. The van der Waals surface area contributed by atoms with Crippen LogP contribution in [0.25, 0.3) is 10.8 Å². The molecule has 0 radical (unpaired) electrons. The maximum absolute atomic E-state index is 12.2. The lowest BCUT2D eigenvalue weighted by molar-refractivity contribution is -0.121. The van der Waals surface area contributed by atoms with Crippen LogP contribution in [0.15, 0.2) is 29.1 Å². The number of carboxylic acid groups (broad SMARTS) is 1. The molecule has 0 aliphatic carbocycles. The highest BCUT2D eigenvalue weighted by Gasteiger charge is 2.16. The molecule has 1 heterocycles. The number of carbonyl (C=O) groups excluding carboxylic acids is 1. The summed E-state index contributed by atoms with van der Waals surface area (Å²) in [5, 5.41) is 15.9. The first-order valence-corrected chi connectivity index (χ1v) is 6.04. The van der Waals surface area contributed by atoms with E-state index in [1.165, 1.54) is 12.1 Å². The smallest absolute Gasteiger partial charge is 0.357 e. The predicted octanol–water partition coefficient (Wildman–Crippen LogP) is 0.231. The van der Waals surface area contributed by atoms with Gasteiger partial charge >= 0.3 is 5.97 Å². The zero-order valence-electron chi connectivity index (χ0n) is 10.8. The van der Waals surface area contributed by atoms with Gasteiger partial charge in [-0.1, -0.05) is 18.2 Å². The van der Waals surface area contributed by atoms with Crippen LogP contribution in [-0.4, -0.2) is 33.3 Å². The molecule has 104 valence electrons. The third-order valence-corrected chi connectivity index (χ3v) is 2.74. The molecule has 0 unspecified atom stereocenters. The number of aromatic nitrogens is 2. The van der Waals surface area contributed by atoms with Crippen molar-refractivity contribution in [3.63, 3.8) is 0 Å². The van der Waals surface area contributed by atoms with E-state index in [2.05, 4.69) is 10.4 Å². The Morgan fingerprint density at radius 3 is 2.55 bits per heavy atom. The van der Waals surface area contributed by atoms with Crippen LogP contribution in [0.3, 0.4) is 0 Å². The van der Waals surface area contributed by atoms with Crippen molar-refractivity contribution >= 4 is 22.6 Å². The molecule has 7 heteroatoms. The minimum Gasteiger partial charge on any atom is -0.476 e. The second kappa shape index (κ2) is 5.52. The topological polar surface area (TPSA) is 101 Å². The lowest BCUT2D eigenvalue weighted by Gasteiger charge is -2.08. The standard InChI is InChI=1S/C13H13N3O4/c1-2-14-10(17)7-16-12(18)9-6-4-3-5-8(9)11(15-16)13(19)20/h3-6H,2,7H2,1H3,(H,14,17)(H,19,20). The van der Waals surface area contributed by atoms with E-state index in [0.717, 1.165) is 4.68 Å². The summed E-state index contributed by atoms with van der Waals surface area (Å²) in [6.07, 6.45) is 0. The molecule has 2 N–H and O–H groups in total. The summed E-state index contributed by atoms with van der Waals surface area (Å²) in [5.41, 5.74) is -0.735. The van der Waals surface area contributed by atoms with E-state index < -0.39 is 17.4 Å². The summed E-state index contributed by atoms with van der Waals surface area (Å²) in [6.45, 7) is 1.86. The summed E-state index contributed by atoms with van der Waals surface area (Å²) in [7, 11) is 0. The van der Waals surface area contributed by atoms with Gasteiger partial charge in [0.05, 0.1) is 5.39 Å². The molecule has 0 aliphatic rings. The number of likely N-dealkylation sites (N-methyl/N-ethyl adjacent to an activating group) is 1. The molecule has 2 rings (SSSR count). The predicted molar refractivity (Wildman–Crippen MR) is 71.6 cm³/mol. The van der Waals surface area contributed by atoms with Crippen LogP contribution >= 0.6 is 0 Å². The molecule has 0 atom stereocenters. The average molecular weight is 275 g/mol. The molecule has 0 fully saturated rings. The Morgan fingerprint density at radius 1 is 1.30 bits per heavy atom. The Kier molecular flexibility index (Phi) is 3.79. The van der Waals surface area contributed by atoms with Crippen molar-refractivity contribution in [3.05, 3.63) is 40.3 Å². The number of benzene rings is 1. The maximum Gasteiger partial charge on any atom is 0.357 e. The summed E-state index contributed by atoms with van der Waals surface area (Å²) in [5.74, 6) is -1.64. The second-order valence-corrected chi connectivity index (χ2v) is 4.12. The zero-order chi connectivity index (χ0) is 14.7. The van der Waals surface area contributed by atoms with Gasteiger partial charge in [-0.3, -0.25) is 9.59 Å². The Labute approximate surface area is 113 Å². The van der Waals surface area contributed by atoms with Crippen LogP contribution in [0, 0.1) is 0 Å². The van der Waals surface area contributed by atoms with E-state index >= 15 is 0 Å². The van der Waals surface area contributed by atoms with E-state index in [-0.39, 0.29) is 23.0 Å². The molecule has 20 heavy (non-hydrogen) atoms. The first-order valence-electron chi connectivity index (χ1n) is 6.04. The number of aromatic carboxylic acids is 1. The van der Waals surface area contributed by atoms with Crippen LogP contribution in [0.1, 0.15) is 17.4 Å². The number of fused-ring (bicyclic) bond motifs is 1. The van der Waals surface area contributed by atoms with Crippen LogP contribution in [0.2, 0.25) is 0 Å². The normalized spacial score (nSPS) is 10.4. The number of amides is 1. The number of carboxylic acids is 1. The Bertz CT molecular complexity index is 736. The highest BCUT2D eigenvalue weighted by atomic mass is 16.4. The van der Waals surface area contributed by atoms with Crippen molar-refractivity contribution in [2.75, 3.05) is 6.54 Å². The fraction of sp³-hybridized carbons (Fsp3) is 0.231. The average Bonchev–Trinajstić information content (AvgIpc) is 2.42. The molecule has 0 bridgehead atoms. The third-order valence-electron chi connectivity index (χ3n) is 2.74. The van der Waals surface area contributed by atoms with Gasteiger partial charge in [0.25, 0.3) is 5.56 Å². The first kappa shape index (κ1) is 13.7. The Balaban J connectivity index is 2.62. The van der Waals surface area contributed by atoms with Gasteiger partial charge in [0, 0.05) is 11.9 Å². The van der Waals surface area contributed by atoms with Gasteiger partial charge < -0.3 is 10.4 Å². The highest BCUT2D eigenvalue weighted by molar-refractivity contribution is 6.01. The molecule has 1 amide bonds. The molecule has 1 aromatic carbocycles. The van der Waals surface area contributed by atoms with Gasteiger partial charge in [-0.05, 0) is 13.0 Å². The van der Waals surface area contributed by atoms with Gasteiger partial charge in [0.15, 0.2) is 5.69 Å². The van der Waals surface area contributed by atoms with Gasteiger partial charge in [-0.25, -0.2) is 9.48 Å². The van der Waals surface area contributed by atoms with Crippen LogP contribution in [0.5, 0.6) is 0 Å². The summed E-state index contributed by atoms with van der Waals surface area (Å²) < 4.78 is 0.872. The molecule has 2 aromatic rings. The summed E-state index contributed by atoms with van der Waals surface area (Å²) >= 11 is 0. The monoisotopic (exact) mass is 275 g/mol. The maximum atomic E-state index is 12.2. The van der Waals surface area contributed by atoms with Crippen LogP contribution < -0.4 is 10.9 Å². The highest BCUT2D eigenvalue weighted by Crippen LogP contribution is 2.12. The van der Waals surface area contributed by atoms with Crippen molar-refractivity contribution in [1.29, 1.82) is 0 Å². The SMILES string of the molecule is CCNC(=O)Cn1nc(C(=O)O)c2ccccc2c1=O. The summed E-state index contributed by atoms with van der Waals surface area (Å²) in [6, 6.07) is 6.29. The van der Waals surface area contributed by atoms with Crippen molar-refractivity contribution in [1.82, 2.24) is 15.1 Å². The molecule has 0 spiro atoms. The largest absolute Gasteiger partial charge is 0.476 e. The van der Waals surface area contributed by atoms with Crippen LogP contribution in [0.4, 0.5) is 0 Å². The van der Waals surface area contributed by atoms with Crippen molar-refractivity contribution in [2.45, 2.75) is 13.5 Å². The fourth-order valence-electron chi connectivity index (χ4n) is 1.89. The molecular weight excluding hydrogens is 262 g/mol. The van der Waals surface area contributed by atoms with Crippen molar-refractivity contribution in [3.8, 4) is 0 Å². The lowest BCUT2D eigenvalue weighted by Crippen LogP contribution is -2.34. The molecule has 7 nitrogen and oxygen atoms in total. The van der Waals surface area contributed by atoms with E-state index in [1.807, 2.05) is 0 Å². The Hall–Kier alpha value is -2.70. The van der Waals surface area contributed by atoms with Crippen LogP contribution in [-0.2, 0) is 11.3 Å². The molecule has 1 aromatic heterocycles. The van der Waals surface area contributed by atoms with Crippen molar-refractivity contribution in [2.24, 2.45) is 0 Å². The number of hydrogen-bond acceptors (Lipinski definition) is 4. The first-order chi connectivity index (χ1) is 9.54. The number of carbonyl (C=O) groups is 2. The molecule has 0 saturated carbocycles. The summed E-state index contributed by atoms with van der Waals surface area (Å²) in [4.78, 5) is 34.9. The number of nitrogens with one attached hydrogen (secondary N) is 1. The van der Waals surface area contributed by atoms with E-state index in [1.54, 1.807) is 19.1 Å².